The maximum absolute atomic E-state index is 12.0. The van der Waals surface area contributed by atoms with Crippen LogP contribution in [0, 0.1) is 10.1 Å². The van der Waals surface area contributed by atoms with Crippen molar-refractivity contribution in [1.29, 1.82) is 0 Å². The molecule has 1 amide bonds. The van der Waals surface area contributed by atoms with Gasteiger partial charge in [-0.05, 0) is 25.1 Å². The lowest BCUT2D eigenvalue weighted by Crippen LogP contribution is -2.18. The Hall–Kier alpha value is -3.42. The molecule has 0 bridgehead atoms. The summed E-state index contributed by atoms with van der Waals surface area (Å²) in [5, 5.41) is 24.4. The molecule has 0 radical (unpaired) electrons. The summed E-state index contributed by atoms with van der Waals surface area (Å²) >= 11 is 0. The van der Waals surface area contributed by atoms with Gasteiger partial charge in [-0.3, -0.25) is 14.9 Å². The second-order valence-corrected chi connectivity index (χ2v) is 4.63. The summed E-state index contributed by atoms with van der Waals surface area (Å²) in [5.74, 6) is -0.273. The normalized spacial score (nSPS) is 10.5. The van der Waals surface area contributed by atoms with Crippen LogP contribution in [-0.2, 0) is 0 Å². The predicted molar refractivity (Wildman–Crippen MR) is 87.4 cm³/mol. The summed E-state index contributed by atoms with van der Waals surface area (Å²) in [4.78, 5) is 22.2. The fourth-order valence-corrected chi connectivity index (χ4v) is 1.93. The molecule has 8 nitrogen and oxygen atoms in total. The van der Waals surface area contributed by atoms with Crippen molar-refractivity contribution in [2.75, 3.05) is 6.61 Å². The van der Waals surface area contributed by atoms with Crippen LogP contribution in [0.1, 0.15) is 22.8 Å². The lowest BCUT2D eigenvalue weighted by atomic mass is 10.2. The molecule has 2 aromatic carbocycles. The van der Waals surface area contributed by atoms with Gasteiger partial charge in [-0.25, -0.2) is 5.43 Å². The van der Waals surface area contributed by atoms with Crippen molar-refractivity contribution in [2.45, 2.75) is 6.92 Å². The highest BCUT2D eigenvalue weighted by atomic mass is 16.6. The number of aromatic hydroxyl groups is 1. The zero-order valence-corrected chi connectivity index (χ0v) is 12.8. The van der Waals surface area contributed by atoms with E-state index in [0.717, 1.165) is 0 Å². The Morgan fingerprint density at radius 3 is 2.79 bits per heavy atom. The lowest BCUT2D eigenvalue weighted by Gasteiger charge is -2.05. The second kappa shape index (κ2) is 7.73. The van der Waals surface area contributed by atoms with Gasteiger partial charge in [0.2, 0.25) is 0 Å². The van der Waals surface area contributed by atoms with Crippen molar-refractivity contribution >= 4 is 17.8 Å². The van der Waals surface area contributed by atoms with E-state index < -0.39 is 10.8 Å². The number of amides is 1. The molecule has 0 aromatic heterocycles. The minimum absolute atomic E-state index is 0.0651. The third kappa shape index (κ3) is 4.07. The third-order valence-electron chi connectivity index (χ3n) is 3.03. The summed E-state index contributed by atoms with van der Waals surface area (Å²) < 4.78 is 5.24. The van der Waals surface area contributed by atoms with Crippen LogP contribution < -0.4 is 10.2 Å². The van der Waals surface area contributed by atoms with Gasteiger partial charge < -0.3 is 9.84 Å². The molecule has 0 saturated heterocycles. The molecule has 0 aliphatic heterocycles. The molecule has 2 rings (SSSR count). The van der Waals surface area contributed by atoms with Gasteiger partial charge in [-0.15, -0.1) is 0 Å². The Labute approximate surface area is 137 Å². The summed E-state index contributed by atoms with van der Waals surface area (Å²) in [5.41, 5.74) is 2.14. The highest BCUT2D eigenvalue weighted by molar-refractivity contribution is 5.98. The van der Waals surface area contributed by atoms with E-state index in [-0.39, 0.29) is 17.0 Å². The highest BCUT2D eigenvalue weighted by Crippen LogP contribution is 2.22. The summed E-state index contributed by atoms with van der Waals surface area (Å²) in [6.45, 7) is 2.30. The summed E-state index contributed by atoms with van der Waals surface area (Å²) in [6.07, 6.45) is 1.23. The van der Waals surface area contributed by atoms with Gasteiger partial charge in [0.05, 0.1) is 17.7 Å². The number of hydrazone groups is 1. The molecule has 0 unspecified atom stereocenters. The number of nitrogens with zero attached hydrogens (tertiary/aromatic N) is 2. The number of nitrogens with one attached hydrogen (secondary N) is 1. The number of nitro groups is 1. The van der Waals surface area contributed by atoms with E-state index in [1.807, 2.05) is 6.92 Å². The number of carbonyl (C=O) groups excluding carboxylic acids is 1. The number of phenolic OH excluding ortho intramolecular Hbond substituents is 1. The number of benzene rings is 2. The van der Waals surface area contributed by atoms with Gasteiger partial charge in [-0.1, -0.05) is 12.1 Å². The molecule has 0 spiro atoms. The molecule has 24 heavy (non-hydrogen) atoms. The van der Waals surface area contributed by atoms with Crippen molar-refractivity contribution in [3.8, 4) is 11.5 Å². The van der Waals surface area contributed by atoms with Crippen LogP contribution in [0.5, 0.6) is 11.5 Å². The first-order valence-corrected chi connectivity index (χ1v) is 7.05. The summed E-state index contributed by atoms with van der Waals surface area (Å²) in [6, 6.07) is 10.2. The van der Waals surface area contributed by atoms with E-state index in [4.69, 9.17) is 4.74 Å². The average molecular weight is 329 g/mol. The summed E-state index contributed by atoms with van der Waals surface area (Å²) in [7, 11) is 0. The smallest absolute Gasteiger partial charge is 0.282 e. The van der Waals surface area contributed by atoms with E-state index in [1.165, 1.54) is 36.5 Å². The number of hydrogen-bond acceptors (Lipinski definition) is 6. The van der Waals surface area contributed by atoms with E-state index in [1.54, 1.807) is 12.1 Å². The number of hydrogen-bond donors (Lipinski definition) is 2. The molecule has 0 heterocycles. The van der Waals surface area contributed by atoms with E-state index >= 15 is 0 Å². The van der Waals surface area contributed by atoms with Gasteiger partial charge in [0.25, 0.3) is 11.6 Å². The molecule has 0 aliphatic rings. The minimum atomic E-state index is -0.719. The van der Waals surface area contributed by atoms with Crippen molar-refractivity contribution in [2.24, 2.45) is 5.10 Å². The second-order valence-electron chi connectivity index (χ2n) is 4.63. The van der Waals surface area contributed by atoms with Crippen LogP contribution in [0.4, 0.5) is 5.69 Å². The zero-order valence-electron chi connectivity index (χ0n) is 12.8. The van der Waals surface area contributed by atoms with Crippen LogP contribution in [0.2, 0.25) is 0 Å². The van der Waals surface area contributed by atoms with Gasteiger partial charge in [0, 0.05) is 17.7 Å². The number of nitro benzene ring substituents is 1. The monoisotopic (exact) mass is 329 g/mol. The largest absolute Gasteiger partial charge is 0.507 e. The fourth-order valence-electron chi connectivity index (χ4n) is 1.93. The molecule has 2 aromatic rings. The molecule has 0 atom stereocenters. The first-order valence-electron chi connectivity index (χ1n) is 7.05. The van der Waals surface area contributed by atoms with Crippen LogP contribution in [0.15, 0.2) is 47.6 Å². The van der Waals surface area contributed by atoms with Crippen molar-refractivity contribution in [3.63, 3.8) is 0 Å². The van der Waals surface area contributed by atoms with Crippen molar-refractivity contribution in [3.05, 3.63) is 63.7 Å². The molecular formula is C16H15N3O5. The molecule has 2 N–H and O–H groups in total. The van der Waals surface area contributed by atoms with Crippen LogP contribution in [-0.4, -0.2) is 28.8 Å². The number of phenols is 1. The fraction of sp³-hybridized carbons (Fsp3) is 0.125. The molecular weight excluding hydrogens is 314 g/mol. The molecule has 0 fully saturated rings. The highest BCUT2D eigenvalue weighted by Gasteiger charge is 2.18. The van der Waals surface area contributed by atoms with E-state index in [2.05, 4.69) is 10.5 Å². The Balaban J connectivity index is 2.09. The Kier molecular flexibility index (Phi) is 5.45. The Morgan fingerprint density at radius 2 is 2.12 bits per heavy atom. The minimum Gasteiger partial charge on any atom is -0.507 e. The first-order chi connectivity index (χ1) is 11.5. The topological polar surface area (TPSA) is 114 Å². The number of carbonyl (C=O) groups is 1. The van der Waals surface area contributed by atoms with Crippen LogP contribution in [0.25, 0.3) is 0 Å². The van der Waals surface area contributed by atoms with E-state index in [9.17, 15) is 20.0 Å². The van der Waals surface area contributed by atoms with E-state index in [0.29, 0.717) is 17.9 Å². The van der Waals surface area contributed by atoms with Crippen molar-refractivity contribution in [1.82, 2.24) is 5.43 Å². The van der Waals surface area contributed by atoms with Gasteiger partial charge in [0.15, 0.2) is 0 Å². The average Bonchev–Trinajstić information content (AvgIpc) is 2.57. The third-order valence-corrected chi connectivity index (χ3v) is 3.03. The molecule has 0 saturated carbocycles. The molecule has 8 heteroatoms. The zero-order chi connectivity index (χ0) is 17.5. The Bertz CT molecular complexity index is 789. The molecule has 0 aliphatic carbocycles. The van der Waals surface area contributed by atoms with Gasteiger partial charge in [-0.2, -0.15) is 5.10 Å². The number of para-hydroxylation sites is 1. The maximum atomic E-state index is 12.0. The molecule has 124 valence electrons. The van der Waals surface area contributed by atoms with Crippen molar-refractivity contribution < 1.29 is 19.6 Å². The first kappa shape index (κ1) is 16.9. The lowest BCUT2D eigenvalue weighted by molar-refractivity contribution is -0.385. The van der Waals surface area contributed by atoms with Crippen LogP contribution >= 0.6 is 0 Å². The van der Waals surface area contributed by atoms with Crippen LogP contribution in [0.3, 0.4) is 0 Å². The quantitative estimate of drug-likeness (QED) is 0.480. The Morgan fingerprint density at radius 1 is 1.38 bits per heavy atom. The standard InChI is InChI=1S/C16H15N3O5/c1-2-24-12-8-7-11(15(20)9-12)10-17-18-16(21)13-5-3-4-6-14(13)19(22)23/h3-10,20H,2H2,1H3,(H,18,21)/b17-10-. The number of ether oxygens (including phenoxy) is 1. The maximum Gasteiger partial charge on any atom is 0.282 e. The van der Waals surface area contributed by atoms with Gasteiger partial charge in [0.1, 0.15) is 17.1 Å². The SMILES string of the molecule is CCOc1ccc(/C=N\NC(=O)c2ccccc2[N+](=O)[O-])c(O)c1. The van der Waals surface area contributed by atoms with Gasteiger partial charge >= 0.3 is 0 Å². The predicted octanol–water partition coefficient (Wildman–Crippen LogP) is 2.46. The number of rotatable bonds is 6.